The van der Waals surface area contributed by atoms with E-state index in [-0.39, 0.29) is 0 Å². The Morgan fingerprint density at radius 2 is 2.25 bits per heavy atom. The second-order valence-corrected chi connectivity index (χ2v) is 6.79. The maximum Gasteiger partial charge on any atom is 0.140 e. The number of aromatic nitrogens is 2. The van der Waals surface area contributed by atoms with Crippen LogP contribution < -0.4 is 0 Å². The van der Waals surface area contributed by atoms with Crippen LogP contribution in [0.2, 0.25) is 0 Å². The second-order valence-electron chi connectivity index (χ2n) is 5.10. The van der Waals surface area contributed by atoms with Crippen LogP contribution in [0.15, 0.2) is 33.6 Å². The average molecular weight is 349 g/mol. The predicted molar refractivity (Wildman–Crippen MR) is 88.7 cm³/mol. The highest BCUT2D eigenvalue weighted by Crippen LogP contribution is 2.24. The summed E-state index contributed by atoms with van der Waals surface area (Å²) in [4.78, 5) is 4.87. The molecule has 104 valence electrons. The lowest BCUT2D eigenvalue weighted by atomic mass is 10.1. The van der Waals surface area contributed by atoms with E-state index in [2.05, 4.69) is 63.3 Å². The first-order valence-corrected chi connectivity index (χ1v) is 8.59. The monoisotopic (exact) mass is 348 g/mol. The van der Waals surface area contributed by atoms with Crippen LogP contribution >= 0.6 is 27.3 Å². The normalized spacial score (nSPS) is 11.3. The molecule has 0 amide bonds. The summed E-state index contributed by atoms with van der Waals surface area (Å²) in [6.07, 6.45) is 5.25. The zero-order valence-electron chi connectivity index (χ0n) is 11.7. The number of aryl methyl sites for hydroxylation is 2. The van der Waals surface area contributed by atoms with Gasteiger partial charge in [0.25, 0.3) is 0 Å². The molecule has 0 saturated heterocycles. The maximum absolute atomic E-state index is 4.87. The molecule has 0 unspecified atom stereocenters. The number of halogens is 1. The summed E-state index contributed by atoms with van der Waals surface area (Å²) in [5.74, 6) is 0. The fourth-order valence-electron chi connectivity index (χ4n) is 2.57. The van der Waals surface area contributed by atoms with E-state index in [1.165, 1.54) is 22.5 Å². The summed E-state index contributed by atoms with van der Waals surface area (Å²) >= 11 is 5.35. The Hall–Kier alpha value is -1.13. The highest BCUT2D eigenvalue weighted by molar-refractivity contribution is 9.10. The van der Waals surface area contributed by atoms with Crippen LogP contribution in [0.25, 0.3) is 5.65 Å². The molecule has 0 saturated carbocycles. The third-order valence-corrected chi connectivity index (χ3v) is 4.66. The molecule has 0 aliphatic heterocycles. The summed E-state index contributed by atoms with van der Waals surface area (Å²) in [6, 6.07) is 4.33. The lowest BCUT2D eigenvalue weighted by molar-refractivity contribution is 0.867. The fraction of sp³-hybridized carbons (Fsp3) is 0.312. The molecule has 0 aliphatic rings. The predicted octanol–water partition coefficient (Wildman–Crippen LogP) is 5.01. The van der Waals surface area contributed by atoms with Gasteiger partial charge >= 0.3 is 0 Å². The molecule has 0 N–H and O–H groups in total. The van der Waals surface area contributed by atoms with E-state index in [0.29, 0.717) is 0 Å². The van der Waals surface area contributed by atoms with Gasteiger partial charge in [-0.1, -0.05) is 13.3 Å². The Balaban J connectivity index is 2.17. The van der Waals surface area contributed by atoms with Gasteiger partial charge in [-0.2, -0.15) is 11.3 Å². The summed E-state index contributed by atoms with van der Waals surface area (Å²) in [5.41, 5.74) is 6.23. The molecule has 0 fully saturated rings. The largest absolute Gasteiger partial charge is 0.302 e. The van der Waals surface area contributed by atoms with Crippen molar-refractivity contribution < 1.29 is 0 Å². The smallest absolute Gasteiger partial charge is 0.140 e. The van der Waals surface area contributed by atoms with Crippen LogP contribution in [-0.2, 0) is 12.8 Å². The number of hydrogen-bond acceptors (Lipinski definition) is 2. The van der Waals surface area contributed by atoms with Gasteiger partial charge in [-0.15, -0.1) is 0 Å². The average Bonchev–Trinajstić information content (AvgIpc) is 3.01. The Morgan fingerprint density at radius 1 is 1.40 bits per heavy atom. The van der Waals surface area contributed by atoms with Crippen molar-refractivity contribution in [2.24, 2.45) is 0 Å². The number of hydrogen-bond donors (Lipinski definition) is 0. The Kier molecular flexibility index (Phi) is 3.94. The molecule has 0 radical (unpaired) electrons. The van der Waals surface area contributed by atoms with Gasteiger partial charge in [-0.3, -0.25) is 0 Å². The van der Waals surface area contributed by atoms with Crippen LogP contribution in [-0.4, -0.2) is 9.38 Å². The highest BCUT2D eigenvalue weighted by Gasteiger charge is 2.14. The van der Waals surface area contributed by atoms with Gasteiger partial charge in [0.15, 0.2) is 0 Å². The SMILES string of the molecule is CCCc1nc2c(C)cc(Br)cn2c1Cc1ccsc1. The molecule has 3 rings (SSSR count). The van der Waals surface area contributed by atoms with E-state index in [1.54, 1.807) is 11.3 Å². The number of rotatable bonds is 4. The number of fused-ring (bicyclic) bond motifs is 1. The molecular weight excluding hydrogens is 332 g/mol. The first-order chi connectivity index (χ1) is 9.69. The van der Waals surface area contributed by atoms with E-state index < -0.39 is 0 Å². The molecule has 2 nitrogen and oxygen atoms in total. The Morgan fingerprint density at radius 3 is 2.95 bits per heavy atom. The minimum atomic E-state index is 0.954. The van der Waals surface area contributed by atoms with Crippen molar-refractivity contribution in [3.63, 3.8) is 0 Å². The van der Waals surface area contributed by atoms with Crippen molar-refractivity contribution in [3.8, 4) is 0 Å². The van der Waals surface area contributed by atoms with Gasteiger partial charge in [-0.25, -0.2) is 4.98 Å². The zero-order valence-corrected chi connectivity index (χ0v) is 14.1. The molecule has 0 atom stereocenters. The molecule has 0 aromatic carbocycles. The second kappa shape index (κ2) is 5.70. The number of thiophene rings is 1. The molecule has 0 spiro atoms. The maximum atomic E-state index is 4.87. The molecule has 0 aliphatic carbocycles. The van der Waals surface area contributed by atoms with Crippen LogP contribution in [0.3, 0.4) is 0 Å². The lowest BCUT2D eigenvalue weighted by Crippen LogP contribution is -1.98. The zero-order chi connectivity index (χ0) is 14.1. The topological polar surface area (TPSA) is 17.3 Å². The lowest BCUT2D eigenvalue weighted by Gasteiger charge is -2.05. The molecule has 3 heterocycles. The molecule has 3 aromatic rings. The Labute approximate surface area is 131 Å². The minimum Gasteiger partial charge on any atom is -0.302 e. The van der Waals surface area contributed by atoms with Gasteiger partial charge in [0, 0.05) is 17.1 Å². The highest BCUT2D eigenvalue weighted by atomic mass is 79.9. The van der Waals surface area contributed by atoms with E-state index in [0.717, 1.165) is 29.4 Å². The third-order valence-electron chi connectivity index (χ3n) is 3.49. The summed E-state index contributed by atoms with van der Waals surface area (Å²) < 4.78 is 3.36. The van der Waals surface area contributed by atoms with Gasteiger partial charge in [0.05, 0.1) is 11.4 Å². The van der Waals surface area contributed by atoms with E-state index >= 15 is 0 Å². The summed E-state index contributed by atoms with van der Waals surface area (Å²) in [5, 5.41) is 4.36. The van der Waals surface area contributed by atoms with Crippen molar-refractivity contribution in [1.29, 1.82) is 0 Å². The van der Waals surface area contributed by atoms with Gasteiger partial charge < -0.3 is 4.40 Å². The van der Waals surface area contributed by atoms with Crippen molar-refractivity contribution >= 4 is 32.9 Å². The standard InChI is InChI=1S/C16H17BrN2S/c1-3-4-14-15(8-12-5-6-20-10-12)19-9-13(17)7-11(2)16(19)18-14/h5-7,9-10H,3-4,8H2,1-2H3. The Bertz CT molecular complexity index is 729. The van der Waals surface area contributed by atoms with Crippen LogP contribution in [0.5, 0.6) is 0 Å². The van der Waals surface area contributed by atoms with Gasteiger partial charge in [0.1, 0.15) is 5.65 Å². The first-order valence-electron chi connectivity index (χ1n) is 6.86. The van der Waals surface area contributed by atoms with Crippen LogP contribution in [0, 0.1) is 6.92 Å². The molecular formula is C16H17BrN2S. The van der Waals surface area contributed by atoms with Crippen molar-refractivity contribution in [3.05, 3.63) is 56.1 Å². The molecule has 0 bridgehead atoms. The molecule has 20 heavy (non-hydrogen) atoms. The van der Waals surface area contributed by atoms with Crippen molar-refractivity contribution in [1.82, 2.24) is 9.38 Å². The number of imidazole rings is 1. The fourth-order valence-corrected chi connectivity index (χ4v) is 3.79. The van der Waals surface area contributed by atoms with Crippen LogP contribution in [0.1, 0.15) is 35.9 Å². The van der Waals surface area contributed by atoms with Crippen LogP contribution in [0.4, 0.5) is 0 Å². The molecule has 3 aromatic heterocycles. The third kappa shape index (κ3) is 2.54. The quantitative estimate of drug-likeness (QED) is 0.647. The van der Waals surface area contributed by atoms with E-state index in [4.69, 9.17) is 4.98 Å². The molecule has 4 heteroatoms. The summed E-state index contributed by atoms with van der Waals surface area (Å²) in [6.45, 7) is 4.33. The van der Waals surface area contributed by atoms with E-state index in [9.17, 15) is 0 Å². The minimum absolute atomic E-state index is 0.954. The van der Waals surface area contributed by atoms with Gasteiger partial charge in [0.2, 0.25) is 0 Å². The van der Waals surface area contributed by atoms with E-state index in [1.807, 2.05) is 0 Å². The van der Waals surface area contributed by atoms with Gasteiger partial charge in [-0.05, 0) is 63.3 Å². The van der Waals surface area contributed by atoms with Crippen molar-refractivity contribution in [2.45, 2.75) is 33.1 Å². The number of nitrogens with zero attached hydrogens (tertiary/aromatic N) is 2. The van der Waals surface area contributed by atoms with Crippen molar-refractivity contribution in [2.75, 3.05) is 0 Å². The number of pyridine rings is 1. The first kappa shape index (κ1) is 13.8. The summed E-state index contributed by atoms with van der Waals surface area (Å²) in [7, 11) is 0.